The Morgan fingerprint density at radius 1 is 1.60 bits per heavy atom. The van der Waals surface area contributed by atoms with Crippen LogP contribution in [-0.2, 0) is 16.1 Å². The molecule has 0 saturated carbocycles. The van der Waals surface area contributed by atoms with Crippen LogP contribution in [0.2, 0.25) is 0 Å². The fourth-order valence-electron chi connectivity index (χ4n) is 0.919. The molecule has 1 aromatic rings. The molecule has 0 aliphatic heterocycles. The molecule has 0 fully saturated rings. The molecule has 0 radical (unpaired) electrons. The Balaban J connectivity index is 2.54. The molecule has 6 heteroatoms. The van der Waals surface area contributed by atoms with Crippen LogP contribution in [0, 0.1) is 0 Å². The lowest BCUT2D eigenvalue weighted by Crippen LogP contribution is -2.09. The van der Waals surface area contributed by atoms with Crippen LogP contribution >= 0.6 is 0 Å². The molecule has 2 N–H and O–H groups in total. The van der Waals surface area contributed by atoms with Crippen molar-refractivity contribution in [3.8, 4) is 0 Å². The van der Waals surface area contributed by atoms with E-state index in [9.17, 15) is 9.59 Å². The van der Waals surface area contributed by atoms with Crippen LogP contribution in [0.4, 0.5) is 5.82 Å². The highest BCUT2D eigenvalue weighted by atomic mass is 16.4. The monoisotopic (exact) mass is 209 g/mol. The van der Waals surface area contributed by atoms with E-state index >= 15 is 0 Å². The third kappa shape index (κ3) is 3.63. The first-order valence-electron chi connectivity index (χ1n) is 4.37. The van der Waals surface area contributed by atoms with Crippen molar-refractivity contribution in [2.75, 3.05) is 5.32 Å². The second-order valence-electron chi connectivity index (χ2n) is 2.72. The number of carbonyl (C=O) groups is 2. The topological polar surface area (TPSA) is 84.2 Å². The third-order valence-electron chi connectivity index (χ3n) is 1.59. The van der Waals surface area contributed by atoms with Crippen molar-refractivity contribution in [2.24, 2.45) is 0 Å². The highest BCUT2D eigenvalue weighted by Gasteiger charge is 2.01. The van der Waals surface area contributed by atoms with Crippen LogP contribution in [-0.4, -0.2) is 26.8 Å². The number of aryl methyl sites for hydroxylation is 1. The molecule has 0 atom stereocenters. The highest BCUT2D eigenvalue weighted by Crippen LogP contribution is 2.01. The number of carboxylic acid groups (broad SMARTS) is 1. The van der Waals surface area contributed by atoms with Gasteiger partial charge in [0.2, 0.25) is 5.91 Å². The van der Waals surface area contributed by atoms with Gasteiger partial charge >= 0.3 is 5.97 Å². The maximum atomic E-state index is 11.1. The molecule has 15 heavy (non-hydrogen) atoms. The van der Waals surface area contributed by atoms with Gasteiger partial charge in [0.1, 0.15) is 0 Å². The minimum atomic E-state index is -1.16. The predicted octanol–water partition coefficient (Wildman–Crippen LogP) is 0.482. The SMILES string of the molecule is CCn1ccc(NC(=O)C=CC(=O)O)n1. The first kappa shape index (κ1) is 11.0. The van der Waals surface area contributed by atoms with Gasteiger partial charge in [0, 0.05) is 31.0 Å². The zero-order valence-corrected chi connectivity index (χ0v) is 8.17. The number of carboxylic acids is 1. The maximum Gasteiger partial charge on any atom is 0.328 e. The molecule has 0 aliphatic rings. The molecule has 0 saturated heterocycles. The smallest absolute Gasteiger partial charge is 0.328 e. The van der Waals surface area contributed by atoms with E-state index in [2.05, 4.69) is 10.4 Å². The Labute approximate surface area is 86.2 Å². The van der Waals surface area contributed by atoms with Crippen LogP contribution in [0.15, 0.2) is 24.4 Å². The Morgan fingerprint density at radius 3 is 2.87 bits per heavy atom. The lowest BCUT2D eigenvalue weighted by atomic mass is 10.4. The fourth-order valence-corrected chi connectivity index (χ4v) is 0.919. The van der Waals surface area contributed by atoms with E-state index in [0.29, 0.717) is 12.4 Å². The molecule has 0 spiro atoms. The Kier molecular flexibility index (Phi) is 3.61. The van der Waals surface area contributed by atoms with Crippen LogP contribution in [0.5, 0.6) is 0 Å². The molecule has 80 valence electrons. The summed E-state index contributed by atoms with van der Waals surface area (Å²) in [6.45, 7) is 2.63. The number of rotatable bonds is 4. The maximum absolute atomic E-state index is 11.1. The van der Waals surface area contributed by atoms with E-state index in [0.717, 1.165) is 12.2 Å². The number of hydrogen-bond donors (Lipinski definition) is 2. The first-order valence-corrected chi connectivity index (χ1v) is 4.37. The van der Waals surface area contributed by atoms with E-state index in [-0.39, 0.29) is 0 Å². The quantitative estimate of drug-likeness (QED) is 0.706. The Bertz CT molecular complexity index is 395. The van der Waals surface area contributed by atoms with Crippen LogP contribution in [0.1, 0.15) is 6.92 Å². The zero-order valence-electron chi connectivity index (χ0n) is 8.17. The molecular formula is C9H11N3O3. The average Bonchev–Trinajstić information content (AvgIpc) is 2.62. The van der Waals surface area contributed by atoms with Gasteiger partial charge in [0.05, 0.1) is 0 Å². The van der Waals surface area contributed by atoms with Gasteiger partial charge in [0.25, 0.3) is 0 Å². The van der Waals surface area contributed by atoms with E-state index < -0.39 is 11.9 Å². The summed E-state index contributed by atoms with van der Waals surface area (Å²) in [4.78, 5) is 21.2. The molecule has 1 rings (SSSR count). The first-order chi connectivity index (χ1) is 7.11. The lowest BCUT2D eigenvalue weighted by molar-refractivity contribution is -0.131. The number of hydrogen-bond acceptors (Lipinski definition) is 3. The minimum Gasteiger partial charge on any atom is -0.478 e. The second kappa shape index (κ2) is 4.94. The van der Waals surface area contributed by atoms with Crippen molar-refractivity contribution in [1.29, 1.82) is 0 Å². The molecule has 0 aromatic carbocycles. The standard InChI is InChI=1S/C9H11N3O3/c1-2-12-6-5-7(11-12)10-8(13)3-4-9(14)15/h3-6H,2H2,1H3,(H,14,15)(H,10,11,13). The number of aliphatic carboxylic acids is 1. The van der Waals surface area contributed by atoms with Gasteiger partial charge in [0.15, 0.2) is 5.82 Å². The van der Waals surface area contributed by atoms with Gasteiger partial charge < -0.3 is 10.4 Å². The summed E-state index contributed by atoms with van der Waals surface area (Å²) >= 11 is 0. The van der Waals surface area contributed by atoms with Crippen molar-refractivity contribution in [3.05, 3.63) is 24.4 Å². The van der Waals surface area contributed by atoms with Crippen molar-refractivity contribution in [3.63, 3.8) is 0 Å². The number of nitrogens with zero attached hydrogens (tertiary/aromatic N) is 2. The van der Waals surface area contributed by atoms with E-state index in [1.165, 1.54) is 0 Å². The van der Waals surface area contributed by atoms with Crippen molar-refractivity contribution < 1.29 is 14.7 Å². The average molecular weight is 209 g/mol. The van der Waals surface area contributed by atoms with Gasteiger partial charge in [-0.25, -0.2) is 4.79 Å². The Morgan fingerprint density at radius 2 is 2.33 bits per heavy atom. The summed E-state index contributed by atoms with van der Waals surface area (Å²) < 4.78 is 1.65. The lowest BCUT2D eigenvalue weighted by Gasteiger charge is -1.96. The second-order valence-corrected chi connectivity index (χ2v) is 2.72. The van der Waals surface area contributed by atoms with Crippen molar-refractivity contribution >= 4 is 17.7 Å². The van der Waals surface area contributed by atoms with Crippen LogP contribution < -0.4 is 5.32 Å². The normalized spacial score (nSPS) is 10.5. The van der Waals surface area contributed by atoms with E-state index in [4.69, 9.17) is 5.11 Å². The summed E-state index contributed by atoms with van der Waals surface area (Å²) in [6, 6.07) is 1.63. The summed E-state index contributed by atoms with van der Waals surface area (Å²) in [5.41, 5.74) is 0. The molecule has 0 bridgehead atoms. The molecule has 1 amide bonds. The number of nitrogens with one attached hydrogen (secondary N) is 1. The van der Waals surface area contributed by atoms with Gasteiger partial charge in [-0.1, -0.05) is 0 Å². The molecular weight excluding hydrogens is 198 g/mol. The summed E-state index contributed by atoms with van der Waals surface area (Å²) in [5.74, 6) is -1.28. The minimum absolute atomic E-state index is 0.400. The number of amides is 1. The summed E-state index contributed by atoms with van der Waals surface area (Å²) in [6.07, 6.45) is 3.43. The van der Waals surface area contributed by atoms with E-state index in [1.54, 1.807) is 16.9 Å². The highest BCUT2D eigenvalue weighted by molar-refractivity contribution is 6.01. The summed E-state index contributed by atoms with van der Waals surface area (Å²) in [7, 11) is 0. The number of aromatic nitrogens is 2. The summed E-state index contributed by atoms with van der Waals surface area (Å²) in [5, 5.41) is 14.7. The number of carbonyl (C=O) groups excluding carboxylic acids is 1. The molecule has 1 aromatic heterocycles. The predicted molar refractivity (Wildman–Crippen MR) is 53.3 cm³/mol. The van der Waals surface area contributed by atoms with Crippen molar-refractivity contribution in [1.82, 2.24) is 9.78 Å². The van der Waals surface area contributed by atoms with Crippen molar-refractivity contribution in [2.45, 2.75) is 13.5 Å². The molecule has 0 aliphatic carbocycles. The zero-order chi connectivity index (χ0) is 11.3. The number of anilines is 1. The molecule has 1 heterocycles. The van der Waals surface area contributed by atoms with Gasteiger partial charge in [-0.15, -0.1) is 0 Å². The molecule has 6 nitrogen and oxygen atoms in total. The van der Waals surface area contributed by atoms with Gasteiger partial charge in [-0.2, -0.15) is 5.10 Å². The fraction of sp³-hybridized carbons (Fsp3) is 0.222. The Hall–Kier alpha value is -2.11. The third-order valence-corrected chi connectivity index (χ3v) is 1.59. The molecule has 0 unspecified atom stereocenters. The van der Waals surface area contributed by atoms with Crippen LogP contribution in [0.25, 0.3) is 0 Å². The largest absolute Gasteiger partial charge is 0.478 e. The van der Waals surface area contributed by atoms with Gasteiger partial charge in [-0.05, 0) is 6.92 Å². The van der Waals surface area contributed by atoms with Crippen LogP contribution in [0.3, 0.4) is 0 Å². The van der Waals surface area contributed by atoms with E-state index in [1.807, 2.05) is 6.92 Å². The van der Waals surface area contributed by atoms with Gasteiger partial charge in [-0.3, -0.25) is 9.48 Å².